The van der Waals surface area contributed by atoms with Crippen LogP contribution >= 0.6 is 0 Å². The van der Waals surface area contributed by atoms with Crippen LogP contribution < -0.4 is 10.6 Å². The molecule has 20 heavy (non-hydrogen) atoms. The normalized spacial score (nSPS) is 27.6. The molecule has 2 aromatic rings. The van der Waals surface area contributed by atoms with E-state index < -0.39 is 0 Å². The number of piperidine rings is 1. The number of carbonyl (C=O) groups is 1. The van der Waals surface area contributed by atoms with Gasteiger partial charge in [0.15, 0.2) is 0 Å². The van der Waals surface area contributed by atoms with Gasteiger partial charge in [-0.15, -0.1) is 0 Å². The van der Waals surface area contributed by atoms with Crippen molar-refractivity contribution >= 4 is 11.4 Å². The monoisotopic (exact) mass is 270 g/mol. The molecule has 104 valence electrons. The summed E-state index contributed by atoms with van der Waals surface area (Å²) in [6.45, 7) is 4.56. The molecule has 5 nitrogen and oxygen atoms in total. The van der Waals surface area contributed by atoms with Crippen molar-refractivity contribution in [1.82, 2.24) is 20.0 Å². The number of imidazole rings is 1. The zero-order chi connectivity index (χ0) is 13.7. The minimum atomic E-state index is 0.186. The van der Waals surface area contributed by atoms with E-state index in [1.165, 1.54) is 5.56 Å². The van der Waals surface area contributed by atoms with Gasteiger partial charge in [0.25, 0.3) is 0 Å². The maximum Gasteiger partial charge on any atom is 0.224 e. The summed E-state index contributed by atoms with van der Waals surface area (Å²) in [5, 5.41) is 6.35. The first kappa shape index (κ1) is 11.9. The number of fused-ring (bicyclic) bond motifs is 2. The second kappa shape index (κ2) is 4.31. The lowest BCUT2D eigenvalue weighted by atomic mass is 10.2. The van der Waals surface area contributed by atoms with Crippen LogP contribution in [0.5, 0.6) is 0 Å². The van der Waals surface area contributed by atoms with Crippen molar-refractivity contribution in [2.75, 3.05) is 13.1 Å². The highest BCUT2D eigenvalue weighted by molar-refractivity contribution is 5.82. The maximum atomic E-state index is 12.1. The highest BCUT2D eigenvalue weighted by atomic mass is 16.2. The molecule has 2 fully saturated rings. The molecule has 2 aliphatic rings. The van der Waals surface area contributed by atoms with Crippen molar-refractivity contribution in [1.29, 1.82) is 0 Å². The Kier molecular flexibility index (Phi) is 2.57. The van der Waals surface area contributed by atoms with Crippen molar-refractivity contribution < 1.29 is 4.79 Å². The second-order valence-electron chi connectivity index (χ2n) is 5.85. The Hall–Kier alpha value is -1.88. The van der Waals surface area contributed by atoms with Crippen molar-refractivity contribution in [3.05, 3.63) is 35.9 Å². The van der Waals surface area contributed by atoms with E-state index in [9.17, 15) is 4.79 Å². The molecule has 1 unspecified atom stereocenters. The molecule has 0 bridgehead atoms. The number of amides is 1. The Morgan fingerprint density at radius 1 is 1.50 bits per heavy atom. The predicted octanol–water partition coefficient (Wildman–Crippen LogP) is 0.724. The largest absolute Gasteiger partial charge is 0.349 e. The van der Waals surface area contributed by atoms with Gasteiger partial charge in [0.2, 0.25) is 5.91 Å². The van der Waals surface area contributed by atoms with Gasteiger partial charge in [0, 0.05) is 12.1 Å². The van der Waals surface area contributed by atoms with Crippen molar-refractivity contribution in [2.24, 2.45) is 17.8 Å². The summed E-state index contributed by atoms with van der Waals surface area (Å²) < 4.78 is 2.05. The first-order valence-corrected chi connectivity index (χ1v) is 7.15. The van der Waals surface area contributed by atoms with Gasteiger partial charge in [0.1, 0.15) is 5.82 Å². The third-order valence-corrected chi connectivity index (χ3v) is 4.67. The Bertz CT molecular complexity index is 668. The van der Waals surface area contributed by atoms with Crippen LogP contribution in [0.2, 0.25) is 0 Å². The van der Waals surface area contributed by atoms with Crippen LogP contribution in [0, 0.1) is 24.7 Å². The van der Waals surface area contributed by atoms with Crippen LogP contribution in [0.15, 0.2) is 24.5 Å². The quantitative estimate of drug-likeness (QED) is 0.864. The van der Waals surface area contributed by atoms with E-state index in [1.807, 2.05) is 22.9 Å². The Morgan fingerprint density at radius 2 is 2.30 bits per heavy atom. The standard InChI is InChI=1S/C15H18N4O/c1-9-3-2-4-19-12(9)7-17-13(19)8-18-15(20)14-10-5-16-6-11(10)14/h2-4,7,10-11,14,16H,5-6,8H2,1H3,(H,18,20)/t10-,11+,14?. The van der Waals surface area contributed by atoms with Gasteiger partial charge in [-0.05, 0) is 43.5 Å². The average molecular weight is 270 g/mol. The fourth-order valence-electron chi connectivity index (χ4n) is 3.44. The molecule has 1 aliphatic heterocycles. The number of hydrogen-bond acceptors (Lipinski definition) is 3. The number of aryl methyl sites for hydroxylation is 1. The summed E-state index contributed by atoms with van der Waals surface area (Å²) in [4.78, 5) is 16.6. The van der Waals surface area contributed by atoms with E-state index in [0.717, 1.165) is 24.4 Å². The first-order chi connectivity index (χ1) is 9.75. The van der Waals surface area contributed by atoms with Crippen LogP contribution in [0.1, 0.15) is 11.4 Å². The summed E-state index contributed by atoms with van der Waals surface area (Å²) in [6, 6.07) is 4.07. The Labute approximate surface area is 117 Å². The molecule has 0 aromatic carbocycles. The van der Waals surface area contributed by atoms with Gasteiger partial charge in [0.05, 0.1) is 18.3 Å². The molecule has 1 saturated heterocycles. The Morgan fingerprint density at radius 3 is 3.10 bits per heavy atom. The van der Waals surface area contributed by atoms with E-state index in [-0.39, 0.29) is 11.8 Å². The van der Waals surface area contributed by atoms with Gasteiger partial charge < -0.3 is 15.0 Å². The summed E-state index contributed by atoms with van der Waals surface area (Å²) in [5.41, 5.74) is 2.30. The SMILES string of the molecule is Cc1cccn2c(CNC(=O)C3[C@H]4CNC[C@@H]34)ncc12. The minimum Gasteiger partial charge on any atom is -0.349 e. The number of aromatic nitrogens is 2. The lowest BCUT2D eigenvalue weighted by molar-refractivity contribution is -0.123. The summed E-state index contributed by atoms with van der Waals surface area (Å²) in [6.07, 6.45) is 3.86. The van der Waals surface area contributed by atoms with Crippen LogP contribution in [0.4, 0.5) is 0 Å². The van der Waals surface area contributed by atoms with Gasteiger partial charge in [-0.25, -0.2) is 4.98 Å². The lowest BCUT2D eigenvalue weighted by Crippen LogP contribution is -2.29. The smallest absolute Gasteiger partial charge is 0.224 e. The number of nitrogens with one attached hydrogen (secondary N) is 2. The second-order valence-corrected chi connectivity index (χ2v) is 5.85. The van der Waals surface area contributed by atoms with Gasteiger partial charge >= 0.3 is 0 Å². The Balaban J connectivity index is 1.46. The maximum absolute atomic E-state index is 12.1. The van der Waals surface area contributed by atoms with Crippen LogP contribution in [-0.4, -0.2) is 28.4 Å². The molecule has 2 N–H and O–H groups in total. The number of pyridine rings is 1. The van der Waals surface area contributed by atoms with E-state index >= 15 is 0 Å². The van der Waals surface area contributed by atoms with Gasteiger partial charge in [-0.2, -0.15) is 0 Å². The molecule has 4 rings (SSSR count). The molecular formula is C15H18N4O. The first-order valence-electron chi connectivity index (χ1n) is 7.15. The third-order valence-electron chi connectivity index (χ3n) is 4.67. The molecule has 1 aliphatic carbocycles. The highest BCUT2D eigenvalue weighted by Gasteiger charge is 2.56. The molecule has 1 saturated carbocycles. The van der Waals surface area contributed by atoms with E-state index in [1.54, 1.807) is 0 Å². The van der Waals surface area contributed by atoms with Gasteiger partial charge in [-0.3, -0.25) is 4.79 Å². The fourth-order valence-corrected chi connectivity index (χ4v) is 3.44. The molecule has 0 spiro atoms. The molecule has 1 amide bonds. The molecule has 5 heteroatoms. The topological polar surface area (TPSA) is 58.4 Å². The molecule has 3 heterocycles. The number of nitrogens with zero attached hydrogens (tertiary/aromatic N) is 2. The molecular weight excluding hydrogens is 252 g/mol. The fraction of sp³-hybridized carbons (Fsp3) is 0.467. The number of rotatable bonds is 3. The summed E-state index contributed by atoms with van der Waals surface area (Å²) in [7, 11) is 0. The van der Waals surface area contributed by atoms with Crippen molar-refractivity contribution in [3.8, 4) is 0 Å². The number of carbonyl (C=O) groups excluding carboxylic acids is 1. The molecule has 2 aromatic heterocycles. The molecule has 0 radical (unpaired) electrons. The lowest BCUT2D eigenvalue weighted by Gasteiger charge is -2.07. The van der Waals surface area contributed by atoms with Crippen LogP contribution in [0.3, 0.4) is 0 Å². The van der Waals surface area contributed by atoms with Gasteiger partial charge in [-0.1, -0.05) is 6.07 Å². The highest BCUT2D eigenvalue weighted by Crippen LogP contribution is 2.48. The average Bonchev–Trinajstić information content (AvgIpc) is 2.80. The molecule has 3 atom stereocenters. The minimum absolute atomic E-state index is 0.186. The third kappa shape index (κ3) is 1.73. The van der Waals surface area contributed by atoms with Crippen molar-refractivity contribution in [2.45, 2.75) is 13.5 Å². The van der Waals surface area contributed by atoms with E-state index in [2.05, 4.69) is 28.6 Å². The predicted molar refractivity (Wildman–Crippen MR) is 75.1 cm³/mol. The number of hydrogen-bond donors (Lipinski definition) is 2. The van der Waals surface area contributed by atoms with Crippen LogP contribution in [-0.2, 0) is 11.3 Å². The summed E-state index contributed by atoms with van der Waals surface area (Å²) in [5.74, 6) is 2.43. The van der Waals surface area contributed by atoms with Crippen LogP contribution in [0.25, 0.3) is 5.52 Å². The summed E-state index contributed by atoms with van der Waals surface area (Å²) >= 11 is 0. The van der Waals surface area contributed by atoms with E-state index in [4.69, 9.17) is 0 Å². The van der Waals surface area contributed by atoms with E-state index in [0.29, 0.717) is 18.4 Å². The zero-order valence-electron chi connectivity index (χ0n) is 11.5. The zero-order valence-corrected chi connectivity index (χ0v) is 11.5. The van der Waals surface area contributed by atoms with Crippen molar-refractivity contribution in [3.63, 3.8) is 0 Å².